The Hall–Kier alpha value is -2.82. The molecule has 5 nitrogen and oxygen atoms in total. The highest BCUT2D eigenvalue weighted by Gasteiger charge is 2.25. The molecule has 0 spiro atoms. The van der Waals surface area contributed by atoms with E-state index in [4.69, 9.17) is 4.74 Å². The number of benzene rings is 2. The highest BCUT2D eigenvalue weighted by Crippen LogP contribution is 2.13. The predicted molar refractivity (Wildman–Crippen MR) is 106 cm³/mol. The number of methoxy groups -OCH3 is 1. The summed E-state index contributed by atoms with van der Waals surface area (Å²) in [4.78, 5) is 26.9. The molecule has 0 aliphatic rings. The summed E-state index contributed by atoms with van der Waals surface area (Å²) in [7, 11) is 1.62. The van der Waals surface area contributed by atoms with Crippen molar-refractivity contribution < 1.29 is 14.3 Å². The molecule has 2 aromatic rings. The Morgan fingerprint density at radius 2 is 1.70 bits per heavy atom. The Morgan fingerprint density at radius 1 is 1.04 bits per heavy atom. The van der Waals surface area contributed by atoms with Crippen molar-refractivity contribution in [3.8, 4) is 5.75 Å². The van der Waals surface area contributed by atoms with Crippen LogP contribution >= 0.6 is 0 Å². The van der Waals surface area contributed by atoms with E-state index in [1.54, 1.807) is 18.9 Å². The molecule has 0 radical (unpaired) electrons. The van der Waals surface area contributed by atoms with Gasteiger partial charge in [0.1, 0.15) is 11.8 Å². The zero-order valence-corrected chi connectivity index (χ0v) is 16.3. The minimum absolute atomic E-state index is 0.00606. The zero-order valence-electron chi connectivity index (χ0n) is 16.3. The Bertz CT molecular complexity index is 729. The van der Waals surface area contributed by atoms with Crippen LogP contribution in [-0.4, -0.2) is 29.9 Å². The van der Waals surface area contributed by atoms with E-state index in [2.05, 4.69) is 5.32 Å². The number of nitrogens with one attached hydrogen (secondary N) is 1. The van der Waals surface area contributed by atoms with E-state index >= 15 is 0 Å². The van der Waals surface area contributed by atoms with Gasteiger partial charge in [-0.3, -0.25) is 9.59 Å². The lowest BCUT2D eigenvalue weighted by molar-refractivity contribution is -0.140. The Labute approximate surface area is 161 Å². The fraction of sp³-hybridized carbons (Fsp3) is 0.364. The van der Waals surface area contributed by atoms with Crippen molar-refractivity contribution in [1.82, 2.24) is 10.2 Å². The molecule has 2 amide bonds. The lowest BCUT2D eigenvalue weighted by Crippen LogP contribution is -2.47. The lowest BCUT2D eigenvalue weighted by atomic mass is 10.1. The van der Waals surface area contributed by atoms with Crippen LogP contribution in [0, 0.1) is 0 Å². The van der Waals surface area contributed by atoms with Crippen LogP contribution in [0.5, 0.6) is 5.75 Å². The molecule has 1 atom stereocenters. The van der Waals surface area contributed by atoms with Gasteiger partial charge in [-0.1, -0.05) is 49.4 Å². The van der Waals surface area contributed by atoms with Crippen LogP contribution in [0.3, 0.4) is 0 Å². The highest BCUT2D eigenvalue weighted by molar-refractivity contribution is 5.87. The van der Waals surface area contributed by atoms with Crippen LogP contribution in [0.4, 0.5) is 0 Å². The number of ether oxygens (including phenoxy) is 1. The SMILES string of the molecule is CCCC(=O)N(Cc1ccccc1)C(C)C(=O)NCc1ccc(OC)cc1. The summed E-state index contributed by atoms with van der Waals surface area (Å²) in [5.41, 5.74) is 1.99. The normalized spacial score (nSPS) is 11.5. The number of carbonyl (C=O) groups excluding carboxylic acids is 2. The fourth-order valence-electron chi connectivity index (χ4n) is 2.80. The fourth-order valence-corrected chi connectivity index (χ4v) is 2.80. The molecule has 0 bridgehead atoms. The van der Waals surface area contributed by atoms with Gasteiger partial charge < -0.3 is 15.0 Å². The van der Waals surface area contributed by atoms with Crippen molar-refractivity contribution in [2.24, 2.45) is 0 Å². The Kier molecular flexibility index (Phi) is 7.86. The smallest absolute Gasteiger partial charge is 0.242 e. The van der Waals surface area contributed by atoms with Gasteiger partial charge in [-0.05, 0) is 36.6 Å². The van der Waals surface area contributed by atoms with Crippen molar-refractivity contribution in [2.75, 3.05) is 7.11 Å². The minimum Gasteiger partial charge on any atom is -0.497 e. The topological polar surface area (TPSA) is 58.6 Å². The average Bonchev–Trinajstić information content (AvgIpc) is 2.71. The number of carbonyl (C=O) groups is 2. The van der Waals surface area contributed by atoms with E-state index < -0.39 is 6.04 Å². The van der Waals surface area contributed by atoms with Gasteiger partial charge in [0.05, 0.1) is 7.11 Å². The Balaban J connectivity index is 2.02. The number of amides is 2. The van der Waals surface area contributed by atoms with E-state index in [0.717, 1.165) is 23.3 Å². The second-order valence-electron chi connectivity index (χ2n) is 6.50. The summed E-state index contributed by atoms with van der Waals surface area (Å²) in [6.45, 7) is 4.58. The largest absolute Gasteiger partial charge is 0.497 e. The van der Waals surface area contributed by atoms with Crippen LogP contribution in [0.25, 0.3) is 0 Å². The summed E-state index contributed by atoms with van der Waals surface area (Å²) < 4.78 is 5.14. The average molecular weight is 368 g/mol. The van der Waals surface area contributed by atoms with Crippen molar-refractivity contribution in [1.29, 1.82) is 0 Å². The summed E-state index contributed by atoms with van der Waals surface area (Å²) in [6.07, 6.45) is 1.19. The van der Waals surface area contributed by atoms with Crippen molar-refractivity contribution >= 4 is 11.8 Å². The van der Waals surface area contributed by atoms with Crippen molar-refractivity contribution in [3.05, 3.63) is 65.7 Å². The first-order valence-electron chi connectivity index (χ1n) is 9.29. The molecule has 144 valence electrons. The maximum atomic E-state index is 12.7. The molecule has 0 fully saturated rings. The zero-order chi connectivity index (χ0) is 19.6. The van der Waals surface area contributed by atoms with Gasteiger partial charge in [0, 0.05) is 19.5 Å². The highest BCUT2D eigenvalue weighted by atomic mass is 16.5. The van der Waals surface area contributed by atoms with E-state index in [9.17, 15) is 9.59 Å². The van der Waals surface area contributed by atoms with Gasteiger partial charge >= 0.3 is 0 Å². The summed E-state index contributed by atoms with van der Waals surface area (Å²) in [5, 5.41) is 2.93. The lowest BCUT2D eigenvalue weighted by Gasteiger charge is -2.28. The second-order valence-corrected chi connectivity index (χ2v) is 6.50. The van der Waals surface area contributed by atoms with E-state index in [1.165, 1.54) is 0 Å². The molecule has 0 aliphatic carbocycles. The molecule has 1 unspecified atom stereocenters. The van der Waals surface area contributed by atoms with Crippen LogP contribution in [0.15, 0.2) is 54.6 Å². The monoisotopic (exact) mass is 368 g/mol. The second kappa shape index (κ2) is 10.4. The van der Waals surface area contributed by atoms with Crippen LogP contribution < -0.4 is 10.1 Å². The molecular weight excluding hydrogens is 340 g/mol. The minimum atomic E-state index is -0.539. The third-order valence-electron chi connectivity index (χ3n) is 4.45. The quantitative estimate of drug-likeness (QED) is 0.737. The van der Waals surface area contributed by atoms with Crippen LogP contribution in [-0.2, 0) is 22.7 Å². The van der Waals surface area contributed by atoms with Crippen LogP contribution in [0.1, 0.15) is 37.8 Å². The van der Waals surface area contributed by atoms with E-state index in [-0.39, 0.29) is 11.8 Å². The molecule has 0 saturated heterocycles. The third kappa shape index (κ3) is 6.13. The van der Waals surface area contributed by atoms with Gasteiger partial charge in [-0.25, -0.2) is 0 Å². The first-order valence-corrected chi connectivity index (χ1v) is 9.29. The van der Waals surface area contributed by atoms with Gasteiger partial charge in [0.15, 0.2) is 0 Å². The standard InChI is InChI=1S/C22H28N2O3/c1-4-8-21(25)24(16-19-9-6-5-7-10-19)17(2)22(26)23-15-18-11-13-20(27-3)14-12-18/h5-7,9-14,17H,4,8,15-16H2,1-3H3,(H,23,26). The van der Waals surface area contributed by atoms with Gasteiger partial charge in [-0.15, -0.1) is 0 Å². The van der Waals surface area contributed by atoms with Crippen molar-refractivity contribution in [3.63, 3.8) is 0 Å². The number of nitrogens with zero attached hydrogens (tertiary/aromatic N) is 1. The maximum Gasteiger partial charge on any atom is 0.242 e. The molecule has 0 saturated carbocycles. The molecule has 0 aromatic heterocycles. The first-order chi connectivity index (χ1) is 13.0. The molecule has 1 N–H and O–H groups in total. The molecule has 2 rings (SSSR count). The van der Waals surface area contributed by atoms with Crippen LogP contribution in [0.2, 0.25) is 0 Å². The molecule has 2 aromatic carbocycles. The van der Waals surface area contributed by atoms with Gasteiger partial charge in [0.2, 0.25) is 11.8 Å². The number of hydrogen-bond acceptors (Lipinski definition) is 3. The Morgan fingerprint density at radius 3 is 2.30 bits per heavy atom. The van der Waals surface area contributed by atoms with Gasteiger partial charge in [0.25, 0.3) is 0 Å². The first kappa shape index (κ1) is 20.5. The number of rotatable bonds is 9. The van der Waals surface area contributed by atoms with E-state index in [1.807, 2.05) is 61.5 Å². The predicted octanol–water partition coefficient (Wildman–Crippen LogP) is 3.53. The molecule has 0 heterocycles. The van der Waals surface area contributed by atoms with Crippen molar-refractivity contribution in [2.45, 2.75) is 45.8 Å². The summed E-state index contributed by atoms with van der Waals surface area (Å²) in [6, 6.07) is 16.7. The molecule has 5 heteroatoms. The third-order valence-corrected chi connectivity index (χ3v) is 4.45. The van der Waals surface area contributed by atoms with Gasteiger partial charge in [-0.2, -0.15) is 0 Å². The van der Waals surface area contributed by atoms with E-state index in [0.29, 0.717) is 19.5 Å². The molecule has 27 heavy (non-hydrogen) atoms. The summed E-state index contributed by atoms with van der Waals surface area (Å²) in [5.74, 6) is 0.609. The molecule has 0 aliphatic heterocycles. The maximum absolute atomic E-state index is 12.7. The number of hydrogen-bond donors (Lipinski definition) is 1. The molecular formula is C22H28N2O3. The summed E-state index contributed by atoms with van der Waals surface area (Å²) >= 11 is 0.